The van der Waals surface area contributed by atoms with Crippen molar-refractivity contribution in [2.24, 2.45) is 13.0 Å². The van der Waals surface area contributed by atoms with Gasteiger partial charge >= 0.3 is 0 Å². The van der Waals surface area contributed by atoms with Gasteiger partial charge in [-0.25, -0.2) is 0 Å². The summed E-state index contributed by atoms with van der Waals surface area (Å²) < 4.78 is 2.05. The minimum Gasteiger partial charge on any atom is -0.357 e. The summed E-state index contributed by atoms with van der Waals surface area (Å²) >= 11 is 0. The Labute approximate surface area is 127 Å². The number of hydrogen-bond donors (Lipinski definition) is 1. The maximum Gasteiger partial charge on any atom is 0.243 e. The van der Waals surface area contributed by atoms with Gasteiger partial charge in [0.15, 0.2) is 0 Å². The zero-order valence-electron chi connectivity index (χ0n) is 13.4. The van der Waals surface area contributed by atoms with Crippen LogP contribution in [0, 0.1) is 5.92 Å². The van der Waals surface area contributed by atoms with Crippen molar-refractivity contribution >= 4 is 5.91 Å². The van der Waals surface area contributed by atoms with Gasteiger partial charge in [0, 0.05) is 31.5 Å². The average molecular weight is 289 g/mol. The Balaban J connectivity index is 1.81. The van der Waals surface area contributed by atoms with Gasteiger partial charge in [0.2, 0.25) is 5.91 Å². The molecule has 1 saturated heterocycles. The fourth-order valence-corrected chi connectivity index (χ4v) is 3.74. The van der Waals surface area contributed by atoms with Crippen LogP contribution >= 0.6 is 0 Å². The summed E-state index contributed by atoms with van der Waals surface area (Å²) in [7, 11) is 2.02. The van der Waals surface area contributed by atoms with E-state index >= 15 is 0 Å². The minimum absolute atomic E-state index is 0.0237. The summed E-state index contributed by atoms with van der Waals surface area (Å²) in [4.78, 5) is 14.8. The SMILES string of the molecule is Cn1ccc(C2NC(C)(C)C(=O)N2CC2CCCCC2)c1. The molecule has 1 atom stereocenters. The van der Waals surface area contributed by atoms with Crippen LogP contribution in [0.1, 0.15) is 57.7 Å². The van der Waals surface area contributed by atoms with Gasteiger partial charge in [-0.3, -0.25) is 10.1 Å². The molecule has 0 radical (unpaired) electrons. The van der Waals surface area contributed by atoms with E-state index < -0.39 is 5.54 Å². The molecular weight excluding hydrogens is 262 g/mol. The molecule has 21 heavy (non-hydrogen) atoms. The van der Waals surface area contributed by atoms with Crippen LogP contribution in [-0.4, -0.2) is 27.5 Å². The van der Waals surface area contributed by atoms with Gasteiger partial charge in [0.1, 0.15) is 6.17 Å². The second-order valence-corrected chi connectivity index (χ2v) is 7.24. The molecule has 1 aromatic rings. The molecule has 1 aliphatic heterocycles. The maximum absolute atomic E-state index is 12.7. The average Bonchev–Trinajstić information content (AvgIpc) is 2.97. The van der Waals surface area contributed by atoms with Gasteiger partial charge in [0.25, 0.3) is 0 Å². The Morgan fingerprint density at radius 2 is 2.00 bits per heavy atom. The predicted molar refractivity (Wildman–Crippen MR) is 83.7 cm³/mol. The van der Waals surface area contributed by atoms with E-state index in [2.05, 4.69) is 22.5 Å². The highest BCUT2D eigenvalue weighted by molar-refractivity contribution is 5.88. The van der Waals surface area contributed by atoms with E-state index in [0.29, 0.717) is 5.92 Å². The van der Waals surface area contributed by atoms with E-state index in [1.807, 2.05) is 31.7 Å². The van der Waals surface area contributed by atoms with E-state index in [0.717, 1.165) is 6.54 Å². The highest BCUT2D eigenvalue weighted by Gasteiger charge is 2.45. The van der Waals surface area contributed by atoms with Crippen molar-refractivity contribution in [3.8, 4) is 0 Å². The van der Waals surface area contributed by atoms with Crippen molar-refractivity contribution in [2.45, 2.75) is 57.7 Å². The van der Waals surface area contributed by atoms with E-state index in [-0.39, 0.29) is 12.1 Å². The molecule has 1 unspecified atom stereocenters. The summed E-state index contributed by atoms with van der Waals surface area (Å²) in [6.45, 7) is 4.88. The molecule has 1 amide bonds. The highest BCUT2D eigenvalue weighted by atomic mass is 16.2. The topological polar surface area (TPSA) is 37.3 Å². The molecule has 4 heteroatoms. The zero-order valence-corrected chi connectivity index (χ0v) is 13.4. The van der Waals surface area contributed by atoms with Crippen molar-refractivity contribution in [3.63, 3.8) is 0 Å². The number of hydrogen-bond acceptors (Lipinski definition) is 2. The third kappa shape index (κ3) is 2.86. The smallest absolute Gasteiger partial charge is 0.243 e. The molecule has 4 nitrogen and oxygen atoms in total. The molecule has 0 aromatic carbocycles. The lowest BCUT2D eigenvalue weighted by Crippen LogP contribution is -2.41. The number of nitrogens with one attached hydrogen (secondary N) is 1. The Kier molecular flexibility index (Phi) is 3.82. The molecule has 3 rings (SSSR count). The van der Waals surface area contributed by atoms with Crippen LogP contribution in [0.2, 0.25) is 0 Å². The number of aromatic nitrogens is 1. The fraction of sp³-hybridized carbons (Fsp3) is 0.706. The van der Waals surface area contributed by atoms with Gasteiger partial charge in [0.05, 0.1) is 5.54 Å². The number of amides is 1. The molecule has 1 saturated carbocycles. The fourth-order valence-electron chi connectivity index (χ4n) is 3.74. The van der Waals surface area contributed by atoms with Crippen LogP contribution in [0.5, 0.6) is 0 Å². The van der Waals surface area contributed by atoms with Crippen molar-refractivity contribution < 1.29 is 4.79 Å². The van der Waals surface area contributed by atoms with Crippen LogP contribution in [0.4, 0.5) is 0 Å². The Morgan fingerprint density at radius 1 is 1.29 bits per heavy atom. The Bertz CT molecular complexity index is 514. The lowest BCUT2D eigenvalue weighted by atomic mass is 9.88. The molecular formula is C17H27N3O. The second-order valence-electron chi connectivity index (χ2n) is 7.24. The van der Waals surface area contributed by atoms with Gasteiger partial charge in [-0.05, 0) is 38.7 Å². The van der Waals surface area contributed by atoms with Gasteiger partial charge < -0.3 is 9.47 Å². The Hall–Kier alpha value is -1.29. The highest BCUT2D eigenvalue weighted by Crippen LogP contribution is 2.34. The lowest BCUT2D eigenvalue weighted by Gasteiger charge is -2.30. The first-order valence-electron chi connectivity index (χ1n) is 8.18. The molecule has 2 fully saturated rings. The molecule has 2 aliphatic rings. The number of carbonyl (C=O) groups excluding carboxylic acids is 1. The molecule has 0 bridgehead atoms. The van der Waals surface area contributed by atoms with Crippen molar-refractivity contribution in [2.75, 3.05) is 6.54 Å². The van der Waals surface area contributed by atoms with E-state index in [1.165, 1.54) is 37.7 Å². The summed E-state index contributed by atoms with van der Waals surface area (Å²) in [5, 5.41) is 3.51. The summed E-state index contributed by atoms with van der Waals surface area (Å²) in [6, 6.07) is 2.11. The molecule has 1 aromatic heterocycles. The van der Waals surface area contributed by atoms with Crippen LogP contribution in [0.25, 0.3) is 0 Å². The van der Waals surface area contributed by atoms with Gasteiger partial charge in [-0.1, -0.05) is 19.3 Å². The normalized spacial score (nSPS) is 26.5. The molecule has 0 spiro atoms. The Morgan fingerprint density at radius 3 is 2.62 bits per heavy atom. The third-order valence-corrected chi connectivity index (χ3v) is 4.95. The van der Waals surface area contributed by atoms with Gasteiger partial charge in [-0.2, -0.15) is 0 Å². The largest absolute Gasteiger partial charge is 0.357 e. The number of aryl methyl sites for hydroxylation is 1. The number of nitrogens with zero attached hydrogens (tertiary/aromatic N) is 2. The molecule has 1 aliphatic carbocycles. The van der Waals surface area contributed by atoms with Crippen LogP contribution in [0.15, 0.2) is 18.5 Å². The van der Waals surface area contributed by atoms with Crippen molar-refractivity contribution in [3.05, 3.63) is 24.0 Å². The van der Waals surface area contributed by atoms with Crippen LogP contribution in [-0.2, 0) is 11.8 Å². The number of carbonyl (C=O) groups is 1. The molecule has 116 valence electrons. The first-order valence-corrected chi connectivity index (χ1v) is 8.18. The quantitative estimate of drug-likeness (QED) is 0.929. The van der Waals surface area contributed by atoms with E-state index in [1.54, 1.807) is 0 Å². The van der Waals surface area contributed by atoms with E-state index in [9.17, 15) is 4.79 Å². The standard InChI is InChI=1S/C17H27N3O/c1-17(2)16(21)20(11-13-7-5-4-6-8-13)15(18-17)14-9-10-19(3)12-14/h9-10,12-13,15,18H,4-8,11H2,1-3H3. The monoisotopic (exact) mass is 289 g/mol. The minimum atomic E-state index is -0.463. The lowest BCUT2D eigenvalue weighted by molar-refractivity contribution is -0.133. The van der Waals surface area contributed by atoms with Gasteiger partial charge in [-0.15, -0.1) is 0 Å². The first kappa shape index (κ1) is 14.6. The second kappa shape index (κ2) is 5.48. The number of rotatable bonds is 3. The summed E-state index contributed by atoms with van der Waals surface area (Å²) in [5.41, 5.74) is 0.724. The van der Waals surface area contributed by atoms with Crippen molar-refractivity contribution in [1.29, 1.82) is 0 Å². The van der Waals surface area contributed by atoms with Crippen molar-refractivity contribution in [1.82, 2.24) is 14.8 Å². The summed E-state index contributed by atoms with van der Waals surface area (Å²) in [5.74, 6) is 0.909. The maximum atomic E-state index is 12.7. The molecule has 2 heterocycles. The first-order chi connectivity index (χ1) is 9.97. The third-order valence-electron chi connectivity index (χ3n) is 4.95. The predicted octanol–water partition coefficient (Wildman–Crippen LogP) is 2.81. The van der Waals surface area contributed by atoms with Crippen LogP contribution in [0.3, 0.4) is 0 Å². The van der Waals surface area contributed by atoms with E-state index in [4.69, 9.17) is 0 Å². The zero-order chi connectivity index (χ0) is 15.0. The van der Waals surface area contributed by atoms with Crippen LogP contribution < -0.4 is 5.32 Å². The summed E-state index contributed by atoms with van der Waals surface area (Å²) in [6.07, 6.45) is 10.7. The molecule has 1 N–H and O–H groups in total.